The van der Waals surface area contributed by atoms with E-state index in [-0.39, 0.29) is 34.1 Å². The summed E-state index contributed by atoms with van der Waals surface area (Å²) >= 11 is 0. The molecule has 0 unspecified atom stereocenters. The molecule has 7 aromatic rings. The topological polar surface area (TPSA) is 43.6 Å². The predicted molar refractivity (Wildman–Crippen MR) is 163 cm³/mol. The Labute approximate surface area is 246 Å². The van der Waals surface area contributed by atoms with Gasteiger partial charge in [0.2, 0.25) is 5.95 Å². The predicted octanol–water partition coefficient (Wildman–Crippen LogP) is 8.61. The average molecular weight is 525 g/mol. The number of fused-ring (bicyclic) bond motifs is 6. The lowest BCUT2D eigenvalue weighted by molar-refractivity contribution is 0.661. The summed E-state index contributed by atoms with van der Waals surface area (Å²) in [6.45, 7) is 4.32. The minimum Gasteiger partial charge on any atom is -0.278 e. The highest BCUT2D eigenvalue weighted by Gasteiger charge is 2.36. The van der Waals surface area contributed by atoms with E-state index in [9.17, 15) is 0 Å². The summed E-state index contributed by atoms with van der Waals surface area (Å²) in [5, 5.41) is 1.77. The zero-order valence-electron chi connectivity index (χ0n) is 31.6. The first-order chi connectivity index (χ1) is 23.7. The molecule has 190 valence electrons. The summed E-state index contributed by atoms with van der Waals surface area (Å²) in [6.07, 6.45) is 0. The van der Waals surface area contributed by atoms with Crippen molar-refractivity contribution in [1.29, 1.82) is 0 Å². The van der Waals surface area contributed by atoms with Crippen molar-refractivity contribution in [2.24, 2.45) is 0 Å². The van der Waals surface area contributed by atoms with Gasteiger partial charge in [-0.15, -0.1) is 0 Å². The zero-order valence-corrected chi connectivity index (χ0v) is 21.6. The first kappa shape index (κ1) is 14.9. The van der Waals surface area contributed by atoms with Crippen molar-refractivity contribution in [3.8, 4) is 39.9 Å². The van der Waals surface area contributed by atoms with Crippen LogP contribution in [-0.2, 0) is 5.41 Å². The molecule has 4 nitrogen and oxygen atoms in total. The molecule has 1 aliphatic rings. The van der Waals surface area contributed by atoms with Crippen LogP contribution in [0.15, 0.2) is 121 Å². The lowest BCUT2D eigenvalue weighted by atomic mass is 9.82. The molecule has 0 aliphatic heterocycles. The van der Waals surface area contributed by atoms with E-state index < -0.39 is 60.4 Å². The second kappa shape index (κ2) is 8.45. The molecule has 40 heavy (non-hydrogen) atoms. The third kappa shape index (κ3) is 3.29. The van der Waals surface area contributed by atoms with Crippen molar-refractivity contribution in [1.82, 2.24) is 19.5 Å². The molecule has 0 atom stereocenters. The minimum absolute atomic E-state index is 0.0249. The van der Waals surface area contributed by atoms with Crippen LogP contribution in [0.1, 0.15) is 38.7 Å². The normalized spacial score (nSPS) is 16.9. The van der Waals surface area contributed by atoms with Gasteiger partial charge in [-0.3, -0.25) is 4.57 Å². The van der Waals surface area contributed by atoms with Crippen LogP contribution in [-0.4, -0.2) is 19.5 Å². The van der Waals surface area contributed by atoms with E-state index in [1.54, 1.807) is 4.57 Å². The molecule has 2 heterocycles. The quantitative estimate of drug-likeness (QED) is 0.232. The molecule has 5 aromatic carbocycles. The number of nitrogens with zero attached hydrogens (tertiary/aromatic N) is 4. The smallest absolute Gasteiger partial charge is 0.238 e. The highest BCUT2D eigenvalue weighted by molar-refractivity contribution is 6.11. The molecular weight excluding hydrogens is 488 g/mol. The molecule has 8 rings (SSSR count). The molecule has 0 amide bonds. The maximum atomic E-state index is 8.69. The molecule has 0 N–H and O–H groups in total. The zero-order chi connectivity index (χ0) is 35.5. The Bertz CT molecular complexity index is 2500. The fraction of sp³-hybridized carbons (Fsp3) is 0.0833. The highest BCUT2D eigenvalue weighted by Crippen LogP contribution is 2.50. The van der Waals surface area contributed by atoms with E-state index in [4.69, 9.17) is 23.7 Å². The first-order valence-corrected chi connectivity index (χ1v) is 12.8. The Morgan fingerprint density at radius 3 is 1.93 bits per heavy atom. The lowest BCUT2D eigenvalue weighted by Gasteiger charge is -2.21. The number of rotatable bonds is 3. The fourth-order valence-corrected chi connectivity index (χ4v) is 5.79. The van der Waals surface area contributed by atoms with Gasteiger partial charge in [0, 0.05) is 27.3 Å². The average Bonchev–Trinajstić information content (AvgIpc) is 3.55. The summed E-state index contributed by atoms with van der Waals surface area (Å²) in [7, 11) is 0. The molecule has 0 spiro atoms. The molecule has 0 saturated heterocycles. The van der Waals surface area contributed by atoms with Crippen molar-refractivity contribution >= 4 is 21.8 Å². The van der Waals surface area contributed by atoms with Crippen LogP contribution in [0.5, 0.6) is 0 Å². The largest absolute Gasteiger partial charge is 0.278 e. The SMILES string of the molecule is [2H]c1c([2H])c([2H])c(-c2nc(-c3c([2H])c([2H])c([2H])c([2H])c3[2H])nc(-n3c4ccccc4c4cc5c(cc43)C(C)(C)c3ccccc3-5)n2)c([2H])c1[2H]. The highest BCUT2D eigenvalue weighted by atomic mass is 15.2. The standard InChI is InChI=1S/C36H26N4/c1-36(2)29-19-11-9-17-25(29)27-21-28-26-18-10-12-20-31(26)40(32(28)22-30(27)36)35-38-33(23-13-5-3-6-14-23)37-34(39-35)24-15-7-4-8-16-24/h3-22H,1-2H3/i3D,4D,5D,6D,7D,8D,13D,14D,15D,16D. The number of benzene rings is 5. The van der Waals surface area contributed by atoms with Gasteiger partial charge in [0.15, 0.2) is 11.6 Å². The number of hydrogen-bond acceptors (Lipinski definition) is 3. The van der Waals surface area contributed by atoms with Crippen LogP contribution in [0.3, 0.4) is 0 Å². The van der Waals surface area contributed by atoms with Gasteiger partial charge in [-0.25, -0.2) is 4.98 Å². The fourth-order valence-electron chi connectivity index (χ4n) is 5.79. The monoisotopic (exact) mass is 524 g/mol. The Balaban J connectivity index is 1.52. The van der Waals surface area contributed by atoms with Crippen molar-refractivity contribution in [2.75, 3.05) is 0 Å². The molecule has 0 saturated carbocycles. The van der Waals surface area contributed by atoms with Gasteiger partial charge in [-0.1, -0.05) is 117 Å². The van der Waals surface area contributed by atoms with Gasteiger partial charge in [-0.2, -0.15) is 9.97 Å². The second-order valence-corrected chi connectivity index (χ2v) is 10.2. The van der Waals surface area contributed by atoms with E-state index in [1.165, 1.54) is 5.56 Å². The summed E-state index contributed by atoms with van der Waals surface area (Å²) in [5.74, 6) is -0.648. The van der Waals surface area contributed by atoms with E-state index in [0.717, 1.165) is 33.0 Å². The van der Waals surface area contributed by atoms with Gasteiger partial charge in [-0.05, 0) is 40.5 Å². The third-order valence-corrected chi connectivity index (χ3v) is 7.65. The van der Waals surface area contributed by atoms with Crippen molar-refractivity contribution < 1.29 is 13.7 Å². The van der Waals surface area contributed by atoms with Crippen LogP contribution in [0.25, 0.3) is 61.7 Å². The van der Waals surface area contributed by atoms with Crippen molar-refractivity contribution in [2.45, 2.75) is 19.3 Å². The number of aromatic nitrogens is 4. The Kier molecular flexibility index (Phi) is 3.15. The van der Waals surface area contributed by atoms with E-state index in [1.807, 2.05) is 36.4 Å². The Morgan fingerprint density at radius 1 is 0.600 bits per heavy atom. The van der Waals surface area contributed by atoms with E-state index in [0.29, 0.717) is 5.52 Å². The van der Waals surface area contributed by atoms with Crippen molar-refractivity contribution in [3.05, 3.63) is 132 Å². The molecular formula is C36H26N4. The first-order valence-electron chi connectivity index (χ1n) is 17.8. The molecule has 0 fully saturated rings. The Morgan fingerprint density at radius 2 is 1.23 bits per heavy atom. The van der Waals surface area contributed by atoms with Crippen LogP contribution in [0.4, 0.5) is 0 Å². The second-order valence-electron chi connectivity index (χ2n) is 10.2. The van der Waals surface area contributed by atoms with Gasteiger partial charge in [0.1, 0.15) is 0 Å². The molecule has 0 radical (unpaired) electrons. The maximum absolute atomic E-state index is 8.69. The summed E-state index contributed by atoms with van der Waals surface area (Å²) in [6, 6.07) is 14.3. The number of hydrogen-bond donors (Lipinski definition) is 0. The summed E-state index contributed by atoms with van der Waals surface area (Å²) in [4.78, 5) is 13.9. The van der Waals surface area contributed by atoms with Crippen LogP contribution < -0.4 is 0 Å². The lowest BCUT2D eigenvalue weighted by Crippen LogP contribution is -2.15. The Hall–Kier alpha value is -5.09. The molecule has 1 aliphatic carbocycles. The molecule has 2 aromatic heterocycles. The van der Waals surface area contributed by atoms with E-state index in [2.05, 4.69) is 43.1 Å². The van der Waals surface area contributed by atoms with Crippen LogP contribution in [0.2, 0.25) is 0 Å². The van der Waals surface area contributed by atoms with Gasteiger partial charge in [0.25, 0.3) is 0 Å². The van der Waals surface area contributed by atoms with Gasteiger partial charge >= 0.3 is 0 Å². The summed E-state index contributed by atoms with van der Waals surface area (Å²) < 4.78 is 86.0. The molecule has 0 bridgehead atoms. The third-order valence-electron chi connectivity index (χ3n) is 7.65. The maximum Gasteiger partial charge on any atom is 0.238 e. The molecule has 4 heteroatoms. The van der Waals surface area contributed by atoms with Gasteiger partial charge in [0.05, 0.1) is 24.7 Å². The van der Waals surface area contributed by atoms with E-state index >= 15 is 0 Å². The number of para-hydroxylation sites is 1. The minimum atomic E-state index is -0.596. The van der Waals surface area contributed by atoms with Crippen molar-refractivity contribution in [3.63, 3.8) is 0 Å². The summed E-state index contributed by atoms with van der Waals surface area (Å²) in [5.41, 5.74) is 4.93. The van der Waals surface area contributed by atoms with Crippen LogP contribution >= 0.6 is 0 Å². The van der Waals surface area contributed by atoms with Crippen LogP contribution in [0, 0.1) is 0 Å². The van der Waals surface area contributed by atoms with Gasteiger partial charge < -0.3 is 0 Å².